The Labute approximate surface area is 163 Å². The Morgan fingerprint density at radius 2 is 1.69 bits per heavy atom. The maximum atomic E-state index is 11.2. The van der Waals surface area contributed by atoms with Crippen LogP contribution in [0.15, 0.2) is 40.9 Å². The smallest absolute Gasteiger partial charge is 0.229 e. The molecule has 0 radical (unpaired) electrons. The van der Waals surface area contributed by atoms with Crippen LogP contribution in [0.1, 0.15) is 31.9 Å². The van der Waals surface area contributed by atoms with E-state index in [0.717, 1.165) is 27.6 Å². The maximum absolute atomic E-state index is 11.2. The minimum atomic E-state index is -3.29. The molecule has 142 valence electrons. The molecule has 7 heteroatoms. The van der Waals surface area contributed by atoms with E-state index in [1.54, 1.807) is 31.4 Å². The molecule has 0 spiro atoms. The summed E-state index contributed by atoms with van der Waals surface area (Å²) < 4.78 is 37.4. The van der Waals surface area contributed by atoms with E-state index in [9.17, 15) is 8.42 Å². The second kappa shape index (κ2) is 7.88. The van der Waals surface area contributed by atoms with Crippen molar-refractivity contribution in [3.8, 4) is 11.5 Å². The lowest BCUT2D eigenvalue weighted by atomic mass is 9.85. The maximum Gasteiger partial charge on any atom is 0.229 e. The molecule has 0 saturated carbocycles. The molecule has 0 unspecified atom stereocenters. The minimum absolute atomic E-state index is 0.0842. The van der Waals surface area contributed by atoms with Gasteiger partial charge in [0.25, 0.3) is 0 Å². The SMILES string of the molecule is COc1c(COc2ccc(NS(C)(=O)=O)cc2)ccc(Br)c1C(C)(C)C. The summed E-state index contributed by atoms with van der Waals surface area (Å²) in [5, 5.41) is 0. The Balaban J connectivity index is 2.20. The molecule has 26 heavy (non-hydrogen) atoms. The van der Waals surface area contributed by atoms with E-state index >= 15 is 0 Å². The van der Waals surface area contributed by atoms with Crippen molar-refractivity contribution in [2.45, 2.75) is 32.8 Å². The van der Waals surface area contributed by atoms with Gasteiger partial charge in [-0.15, -0.1) is 0 Å². The van der Waals surface area contributed by atoms with Crippen molar-refractivity contribution in [1.82, 2.24) is 0 Å². The van der Waals surface area contributed by atoms with Gasteiger partial charge in [-0.05, 0) is 35.7 Å². The van der Waals surface area contributed by atoms with E-state index in [-0.39, 0.29) is 5.41 Å². The number of methoxy groups -OCH3 is 1. The Hall–Kier alpha value is -1.73. The Kier molecular flexibility index (Phi) is 6.24. The largest absolute Gasteiger partial charge is 0.496 e. The summed E-state index contributed by atoms with van der Waals surface area (Å²) in [7, 11) is -1.63. The van der Waals surface area contributed by atoms with Gasteiger partial charge in [0, 0.05) is 21.3 Å². The first-order valence-corrected chi connectivity index (χ1v) is 10.8. The zero-order chi connectivity index (χ0) is 19.5. The lowest BCUT2D eigenvalue weighted by molar-refractivity contribution is 0.294. The first-order chi connectivity index (χ1) is 12.0. The highest BCUT2D eigenvalue weighted by atomic mass is 79.9. The average Bonchev–Trinajstić information content (AvgIpc) is 2.52. The quantitative estimate of drug-likeness (QED) is 0.704. The molecule has 0 bridgehead atoms. The molecule has 0 saturated heterocycles. The molecule has 0 amide bonds. The number of anilines is 1. The fraction of sp³-hybridized carbons (Fsp3) is 0.368. The van der Waals surface area contributed by atoms with Gasteiger partial charge in [-0.2, -0.15) is 0 Å². The van der Waals surface area contributed by atoms with Gasteiger partial charge in [-0.25, -0.2) is 8.42 Å². The molecule has 5 nitrogen and oxygen atoms in total. The fourth-order valence-electron chi connectivity index (χ4n) is 2.64. The second-order valence-corrected chi connectivity index (χ2v) is 9.65. The van der Waals surface area contributed by atoms with Gasteiger partial charge >= 0.3 is 0 Å². The van der Waals surface area contributed by atoms with Crippen molar-refractivity contribution in [2.75, 3.05) is 18.1 Å². The van der Waals surface area contributed by atoms with E-state index in [0.29, 0.717) is 18.0 Å². The van der Waals surface area contributed by atoms with Gasteiger partial charge < -0.3 is 9.47 Å². The zero-order valence-electron chi connectivity index (χ0n) is 15.6. The van der Waals surface area contributed by atoms with Crippen LogP contribution in [-0.2, 0) is 22.0 Å². The van der Waals surface area contributed by atoms with Crippen LogP contribution in [0, 0.1) is 0 Å². The molecule has 0 atom stereocenters. The summed E-state index contributed by atoms with van der Waals surface area (Å²) in [6.07, 6.45) is 1.12. The van der Waals surface area contributed by atoms with Crippen LogP contribution < -0.4 is 14.2 Å². The predicted octanol–water partition coefficient (Wildman–Crippen LogP) is 4.71. The lowest BCUT2D eigenvalue weighted by Gasteiger charge is -2.25. The molecule has 0 heterocycles. The van der Waals surface area contributed by atoms with E-state index in [1.165, 1.54) is 0 Å². The van der Waals surface area contributed by atoms with Gasteiger partial charge in [0.05, 0.1) is 13.4 Å². The number of nitrogens with one attached hydrogen (secondary N) is 1. The summed E-state index contributed by atoms with van der Waals surface area (Å²) >= 11 is 3.61. The summed E-state index contributed by atoms with van der Waals surface area (Å²) in [6.45, 7) is 6.74. The van der Waals surface area contributed by atoms with Crippen LogP contribution in [-0.4, -0.2) is 21.8 Å². The standard InChI is InChI=1S/C19H24BrNO4S/c1-19(2,3)17-16(20)11-6-13(18(17)24-4)12-25-15-9-7-14(8-10-15)21-26(5,22)23/h6-11,21H,12H2,1-5H3. The highest BCUT2D eigenvalue weighted by Gasteiger charge is 2.24. The Bertz CT molecular complexity index is 872. The molecular formula is C19H24BrNO4S. The highest BCUT2D eigenvalue weighted by Crippen LogP contribution is 2.39. The monoisotopic (exact) mass is 441 g/mol. The van der Waals surface area contributed by atoms with Crippen molar-refractivity contribution in [3.63, 3.8) is 0 Å². The van der Waals surface area contributed by atoms with Crippen LogP contribution in [0.5, 0.6) is 11.5 Å². The van der Waals surface area contributed by atoms with Gasteiger partial charge in [0.1, 0.15) is 18.1 Å². The van der Waals surface area contributed by atoms with Gasteiger partial charge in [0.15, 0.2) is 0 Å². The highest BCUT2D eigenvalue weighted by molar-refractivity contribution is 9.10. The molecule has 0 aromatic heterocycles. The van der Waals surface area contributed by atoms with E-state index < -0.39 is 10.0 Å². The van der Waals surface area contributed by atoms with E-state index in [4.69, 9.17) is 9.47 Å². The molecule has 0 aliphatic rings. The molecule has 0 aliphatic heterocycles. The van der Waals surface area contributed by atoms with Crippen LogP contribution in [0.2, 0.25) is 0 Å². The zero-order valence-corrected chi connectivity index (χ0v) is 18.0. The van der Waals surface area contributed by atoms with Gasteiger partial charge in [0.2, 0.25) is 10.0 Å². The lowest BCUT2D eigenvalue weighted by Crippen LogP contribution is -2.15. The number of sulfonamides is 1. The molecule has 2 aromatic rings. The third-order valence-electron chi connectivity index (χ3n) is 3.69. The minimum Gasteiger partial charge on any atom is -0.496 e. The molecular weight excluding hydrogens is 418 g/mol. The molecule has 2 aromatic carbocycles. The number of halogens is 1. The first-order valence-electron chi connectivity index (χ1n) is 8.08. The normalized spacial score (nSPS) is 11.9. The van der Waals surface area contributed by atoms with Crippen molar-refractivity contribution in [3.05, 3.63) is 52.0 Å². The molecule has 2 rings (SSSR count). The summed E-state index contributed by atoms with van der Waals surface area (Å²) in [6, 6.07) is 10.7. The van der Waals surface area contributed by atoms with Crippen LogP contribution >= 0.6 is 15.9 Å². The topological polar surface area (TPSA) is 64.6 Å². The summed E-state index contributed by atoms with van der Waals surface area (Å²) in [4.78, 5) is 0. The van der Waals surface area contributed by atoms with Crippen LogP contribution in [0.25, 0.3) is 0 Å². The van der Waals surface area contributed by atoms with E-state index in [1.807, 2.05) is 12.1 Å². The number of ether oxygens (including phenoxy) is 2. The van der Waals surface area contributed by atoms with Crippen molar-refractivity contribution in [2.24, 2.45) is 0 Å². The molecule has 0 aliphatic carbocycles. The van der Waals surface area contributed by atoms with Crippen LogP contribution in [0.3, 0.4) is 0 Å². The Morgan fingerprint density at radius 1 is 1.08 bits per heavy atom. The van der Waals surface area contributed by atoms with Gasteiger partial charge in [-0.1, -0.05) is 42.8 Å². The third-order valence-corrected chi connectivity index (χ3v) is 4.96. The van der Waals surface area contributed by atoms with Gasteiger partial charge in [-0.3, -0.25) is 4.72 Å². The molecule has 1 N–H and O–H groups in total. The van der Waals surface area contributed by atoms with Crippen molar-refractivity contribution in [1.29, 1.82) is 0 Å². The first kappa shape index (κ1) is 20.6. The molecule has 0 fully saturated rings. The number of hydrogen-bond donors (Lipinski definition) is 1. The number of benzene rings is 2. The number of rotatable bonds is 6. The second-order valence-electron chi connectivity index (χ2n) is 7.05. The summed E-state index contributed by atoms with van der Waals surface area (Å²) in [5.74, 6) is 1.45. The third kappa shape index (κ3) is 5.38. The van der Waals surface area contributed by atoms with E-state index in [2.05, 4.69) is 41.4 Å². The van der Waals surface area contributed by atoms with Crippen LogP contribution in [0.4, 0.5) is 5.69 Å². The number of hydrogen-bond acceptors (Lipinski definition) is 4. The average molecular weight is 442 g/mol. The predicted molar refractivity (Wildman–Crippen MR) is 109 cm³/mol. The Morgan fingerprint density at radius 3 is 2.19 bits per heavy atom. The van der Waals surface area contributed by atoms with Crippen molar-refractivity contribution >= 4 is 31.6 Å². The van der Waals surface area contributed by atoms with Crippen molar-refractivity contribution < 1.29 is 17.9 Å². The fourth-order valence-corrected chi connectivity index (χ4v) is 4.11. The summed E-state index contributed by atoms with van der Waals surface area (Å²) in [5.41, 5.74) is 2.45.